The molecule has 2 nitrogen and oxygen atoms in total. The van der Waals surface area contributed by atoms with Gasteiger partial charge in [0.15, 0.2) is 0 Å². The van der Waals surface area contributed by atoms with Crippen molar-refractivity contribution in [2.75, 3.05) is 11.9 Å². The lowest BCUT2D eigenvalue weighted by molar-refractivity contribution is 0.682. The number of rotatable bonds is 1. The van der Waals surface area contributed by atoms with Gasteiger partial charge in [0, 0.05) is 17.1 Å². The average molecular weight is 270 g/mol. The minimum atomic E-state index is 0.482. The summed E-state index contributed by atoms with van der Waals surface area (Å²) in [6, 6.07) is 9.18. The minimum Gasteiger partial charge on any atom is -0.378 e. The molecule has 2 aromatic rings. The highest BCUT2D eigenvalue weighted by Crippen LogP contribution is 2.38. The average Bonchev–Trinajstić information content (AvgIpc) is 2.96. The summed E-state index contributed by atoms with van der Waals surface area (Å²) >= 11 is 1.93. The van der Waals surface area contributed by atoms with Crippen LogP contribution in [0, 0.1) is 0 Å². The summed E-state index contributed by atoms with van der Waals surface area (Å²) in [6.45, 7) is 2.21. The van der Waals surface area contributed by atoms with Gasteiger partial charge >= 0.3 is 0 Å². The van der Waals surface area contributed by atoms with Crippen LogP contribution in [0.5, 0.6) is 0 Å². The highest BCUT2D eigenvalue weighted by Gasteiger charge is 2.26. The van der Waals surface area contributed by atoms with Crippen molar-refractivity contribution in [3.8, 4) is 0 Å². The Kier molecular flexibility index (Phi) is 2.82. The monoisotopic (exact) mass is 270 g/mol. The zero-order chi connectivity index (χ0) is 12.7. The first-order valence-electron chi connectivity index (χ1n) is 7.06. The summed E-state index contributed by atoms with van der Waals surface area (Å²) in [5, 5.41) is 9.58. The Morgan fingerprint density at radius 3 is 3.11 bits per heavy atom. The van der Waals surface area contributed by atoms with E-state index >= 15 is 0 Å². The number of fused-ring (bicyclic) bond motifs is 2. The van der Waals surface area contributed by atoms with Gasteiger partial charge in [-0.2, -0.15) is 0 Å². The van der Waals surface area contributed by atoms with E-state index in [1.54, 1.807) is 16.0 Å². The first-order valence-corrected chi connectivity index (χ1v) is 7.94. The minimum absolute atomic E-state index is 0.482. The van der Waals surface area contributed by atoms with Crippen LogP contribution in [0.2, 0.25) is 0 Å². The van der Waals surface area contributed by atoms with Crippen LogP contribution in [0.4, 0.5) is 5.69 Å². The fourth-order valence-electron chi connectivity index (χ4n) is 3.24. The molecule has 0 radical (unpaired) electrons. The van der Waals surface area contributed by atoms with Crippen molar-refractivity contribution < 1.29 is 0 Å². The molecule has 0 aliphatic carbocycles. The van der Waals surface area contributed by atoms with Crippen molar-refractivity contribution in [1.82, 2.24) is 5.32 Å². The Bertz CT molecular complexity index is 578. The molecule has 0 saturated heterocycles. The van der Waals surface area contributed by atoms with Crippen LogP contribution in [0.25, 0.3) is 0 Å². The largest absolute Gasteiger partial charge is 0.378 e. The Morgan fingerprint density at radius 2 is 2.16 bits per heavy atom. The van der Waals surface area contributed by atoms with E-state index in [1.807, 2.05) is 11.3 Å². The molecule has 2 aliphatic heterocycles. The topological polar surface area (TPSA) is 24.1 Å². The van der Waals surface area contributed by atoms with Crippen LogP contribution in [-0.2, 0) is 19.4 Å². The fourth-order valence-corrected chi connectivity index (χ4v) is 4.36. The maximum absolute atomic E-state index is 3.69. The molecule has 19 heavy (non-hydrogen) atoms. The SMILES string of the molecule is c1ccc2c(c1)CC(c1csc3c1CCCNC3)N2. The van der Waals surface area contributed by atoms with Crippen molar-refractivity contribution in [2.24, 2.45) is 0 Å². The molecular formula is C16H18N2S. The summed E-state index contributed by atoms with van der Waals surface area (Å²) < 4.78 is 0. The van der Waals surface area contributed by atoms with Crippen LogP contribution < -0.4 is 10.6 Å². The third kappa shape index (κ3) is 1.97. The van der Waals surface area contributed by atoms with E-state index < -0.39 is 0 Å². The lowest BCUT2D eigenvalue weighted by Gasteiger charge is -2.13. The first kappa shape index (κ1) is 11.5. The number of hydrogen-bond acceptors (Lipinski definition) is 3. The van der Waals surface area contributed by atoms with Gasteiger partial charge in [-0.3, -0.25) is 0 Å². The normalized spacial score (nSPS) is 21.4. The predicted octanol–water partition coefficient (Wildman–Crippen LogP) is 3.49. The van der Waals surface area contributed by atoms with E-state index in [2.05, 4.69) is 40.3 Å². The molecule has 1 unspecified atom stereocenters. The third-order valence-corrected chi connectivity index (χ3v) is 5.27. The summed E-state index contributed by atoms with van der Waals surface area (Å²) in [5.74, 6) is 0. The summed E-state index contributed by atoms with van der Waals surface area (Å²) in [6.07, 6.45) is 3.62. The van der Waals surface area contributed by atoms with Gasteiger partial charge in [-0.05, 0) is 53.9 Å². The van der Waals surface area contributed by atoms with E-state index in [-0.39, 0.29) is 0 Å². The van der Waals surface area contributed by atoms with Gasteiger partial charge in [0.05, 0.1) is 6.04 Å². The van der Waals surface area contributed by atoms with E-state index in [9.17, 15) is 0 Å². The van der Waals surface area contributed by atoms with E-state index in [1.165, 1.54) is 24.1 Å². The molecule has 1 atom stereocenters. The first-order chi connectivity index (χ1) is 9.42. The van der Waals surface area contributed by atoms with E-state index in [4.69, 9.17) is 0 Å². The highest BCUT2D eigenvalue weighted by molar-refractivity contribution is 7.10. The number of benzene rings is 1. The van der Waals surface area contributed by atoms with Gasteiger partial charge in [0.25, 0.3) is 0 Å². The second kappa shape index (κ2) is 4.66. The maximum Gasteiger partial charge on any atom is 0.0566 e. The third-order valence-electron chi connectivity index (χ3n) is 4.23. The number of anilines is 1. The molecule has 98 valence electrons. The molecule has 2 aliphatic rings. The molecule has 1 aromatic heterocycles. The Labute approximate surface area is 117 Å². The van der Waals surface area contributed by atoms with Crippen LogP contribution in [0.1, 0.15) is 34.0 Å². The van der Waals surface area contributed by atoms with Crippen LogP contribution in [0.15, 0.2) is 29.6 Å². The molecular weight excluding hydrogens is 252 g/mol. The predicted molar refractivity (Wildman–Crippen MR) is 80.9 cm³/mol. The van der Waals surface area contributed by atoms with Crippen molar-refractivity contribution in [3.05, 3.63) is 51.2 Å². The molecule has 3 heteroatoms. The lowest BCUT2D eigenvalue weighted by Crippen LogP contribution is -2.11. The Balaban J connectivity index is 1.67. The molecule has 0 saturated carbocycles. The Morgan fingerprint density at radius 1 is 1.21 bits per heavy atom. The lowest BCUT2D eigenvalue weighted by atomic mass is 9.98. The second-order valence-corrected chi connectivity index (χ2v) is 6.40. The van der Waals surface area contributed by atoms with Crippen molar-refractivity contribution >= 4 is 17.0 Å². The zero-order valence-corrected chi connectivity index (χ0v) is 11.7. The fraction of sp³-hybridized carbons (Fsp3) is 0.375. The van der Waals surface area contributed by atoms with Crippen LogP contribution in [0.3, 0.4) is 0 Å². The maximum atomic E-state index is 3.69. The summed E-state index contributed by atoms with van der Waals surface area (Å²) in [5.41, 5.74) is 5.93. The van der Waals surface area contributed by atoms with Crippen molar-refractivity contribution in [2.45, 2.75) is 31.8 Å². The number of hydrogen-bond donors (Lipinski definition) is 2. The van der Waals surface area contributed by atoms with Crippen molar-refractivity contribution in [3.63, 3.8) is 0 Å². The molecule has 0 bridgehead atoms. The van der Waals surface area contributed by atoms with E-state index in [0.717, 1.165) is 19.5 Å². The highest BCUT2D eigenvalue weighted by atomic mass is 32.1. The van der Waals surface area contributed by atoms with Crippen LogP contribution in [-0.4, -0.2) is 6.54 Å². The van der Waals surface area contributed by atoms with E-state index in [0.29, 0.717) is 6.04 Å². The molecule has 0 spiro atoms. The standard InChI is InChI=1S/C16H18N2S/c1-2-6-14-11(4-1)8-15(18-14)13-10-19-16-9-17-7-3-5-12(13)16/h1-2,4,6,10,15,17-18H,3,5,7-9H2. The van der Waals surface area contributed by atoms with Gasteiger partial charge in [-0.1, -0.05) is 18.2 Å². The summed E-state index contributed by atoms with van der Waals surface area (Å²) in [7, 11) is 0. The molecule has 0 fully saturated rings. The molecule has 4 rings (SSSR count). The quantitative estimate of drug-likeness (QED) is 0.829. The molecule has 3 heterocycles. The zero-order valence-electron chi connectivity index (χ0n) is 10.9. The van der Waals surface area contributed by atoms with Gasteiger partial charge in [0.2, 0.25) is 0 Å². The summed E-state index contributed by atoms with van der Waals surface area (Å²) in [4.78, 5) is 1.55. The molecule has 0 amide bonds. The number of para-hydroxylation sites is 1. The van der Waals surface area contributed by atoms with Gasteiger partial charge in [0.1, 0.15) is 0 Å². The van der Waals surface area contributed by atoms with Gasteiger partial charge in [-0.15, -0.1) is 11.3 Å². The van der Waals surface area contributed by atoms with Crippen LogP contribution >= 0.6 is 11.3 Å². The smallest absolute Gasteiger partial charge is 0.0566 e. The molecule has 1 aromatic carbocycles. The number of nitrogens with one attached hydrogen (secondary N) is 2. The second-order valence-electron chi connectivity index (χ2n) is 5.43. The number of thiophene rings is 1. The molecule has 2 N–H and O–H groups in total. The van der Waals surface area contributed by atoms with Gasteiger partial charge in [-0.25, -0.2) is 0 Å². The Hall–Kier alpha value is -1.32. The van der Waals surface area contributed by atoms with Gasteiger partial charge < -0.3 is 10.6 Å². The van der Waals surface area contributed by atoms with Crippen molar-refractivity contribution in [1.29, 1.82) is 0 Å².